The molecule has 1 aliphatic carbocycles. The molecule has 0 unspecified atom stereocenters. The zero-order valence-electron chi connectivity index (χ0n) is 13.2. The summed E-state index contributed by atoms with van der Waals surface area (Å²) < 4.78 is 0. The predicted octanol–water partition coefficient (Wildman–Crippen LogP) is 3.98. The Hall–Kier alpha value is -1.48. The molecule has 22 heavy (non-hydrogen) atoms. The average Bonchev–Trinajstić information content (AvgIpc) is 2.97. The lowest BCUT2D eigenvalue weighted by molar-refractivity contribution is 0.302. The first-order valence-corrected chi connectivity index (χ1v) is 8.95. The van der Waals surface area contributed by atoms with Gasteiger partial charge in [-0.2, -0.15) is 0 Å². The van der Waals surface area contributed by atoms with E-state index in [0.29, 0.717) is 0 Å². The van der Waals surface area contributed by atoms with Crippen LogP contribution in [0.4, 0.5) is 5.82 Å². The van der Waals surface area contributed by atoms with Gasteiger partial charge in [0, 0.05) is 35.1 Å². The summed E-state index contributed by atoms with van der Waals surface area (Å²) in [5.74, 6) is 2.15. The van der Waals surface area contributed by atoms with Gasteiger partial charge in [0.1, 0.15) is 5.82 Å². The molecular weight excluding hydrogens is 270 g/mol. The van der Waals surface area contributed by atoms with Gasteiger partial charge in [0.15, 0.2) is 0 Å². The Labute approximate surface area is 131 Å². The number of H-pyrrole nitrogens is 1. The van der Waals surface area contributed by atoms with Crippen LogP contribution in [0.2, 0.25) is 0 Å². The first-order chi connectivity index (χ1) is 10.7. The van der Waals surface area contributed by atoms with Gasteiger partial charge in [0.25, 0.3) is 0 Å². The molecule has 2 fully saturated rings. The van der Waals surface area contributed by atoms with E-state index in [1.165, 1.54) is 67.5 Å². The van der Waals surface area contributed by atoms with Gasteiger partial charge in [-0.25, -0.2) is 0 Å². The van der Waals surface area contributed by atoms with Crippen LogP contribution in [-0.4, -0.2) is 18.1 Å². The highest BCUT2D eigenvalue weighted by atomic mass is 15.2. The number of benzene rings is 1. The fraction of sp³-hybridized carbons (Fsp3) is 0.579. The maximum atomic E-state index is 6.77. The SMILES string of the molecule is NC1(c2ccc3[nH]c4c(c3c2)C2CCN4CC2)CCCCC1. The molecule has 3 N–H and O–H groups in total. The standard InChI is InChI=1S/C19H25N3/c20-19(8-2-1-3-9-19)14-4-5-16-15(12-14)17-13-6-10-22(11-7-13)18(17)21-16/h4-5,12-13,21H,1-3,6-11,20H2. The van der Waals surface area contributed by atoms with E-state index in [2.05, 4.69) is 28.1 Å². The van der Waals surface area contributed by atoms with Crippen LogP contribution in [-0.2, 0) is 5.54 Å². The van der Waals surface area contributed by atoms with Crippen molar-refractivity contribution in [1.29, 1.82) is 0 Å². The van der Waals surface area contributed by atoms with E-state index in [9.17, 15) is 0 Å². The van der Waals surface area contributed by atoms with Gasteiger partial charge in [0.2, 0.25) is 0 Å². The van der Waals surface area contributed by atoms with E-state index in [-0.39, 0.29) is 5.54 Å². The van der Waals surface area contributed by atoms with Gasteiger partial charge in [-0.05, 0) is 49.3 Å². The minimum Gasteiger partial charge on any atom is -0.358 e. The third kappa shape index (κ3) is 1.72. The first kappa shape index (κ1) is 13.0. The van der Waals surface area contributed by atoms with Crippen molar-refractivity contribution in [3.05, 3.63) is 29.3 Å². The van der Waals surface area contributed by atoms with Crippen molar-refractivity contribution in [2.24, 2.45) is 5.73 Å². The topological polar surface area (TPSA) is 45.1 Å². The van der Waals surface area contributed by atoms with E-state index in [1.54, 1.807) is 5.56 Å². The van der Waals surface area contributed by atoms with Crippen LogP contribution < -0.4 is 10.6 Å². The highest BCUT2D eigenvalue weighted by Crippen LogP contribution is 2.46. The molecule has 1 aromatic heterocycles. The lowest BCUT2D eigenvalue weighted by Gasteiger charge is -2.40. The molecule has 1 aromatic carbocycles. The molecule has 6 rings (SSSR count). The van der Waals surface area contributed by atoms with Crippen LogP contribution in [0.15, 0.2) is 18.2 Å². The second-order valence-corrected chi connectivity index (χ2v) is 7.63. The number of nitrogens with zero attached hydrogens (tertiary/aromatic N) is 1. The Morgan fingerprint density at radius 3 is 2.64 bits per heavy atom. The van der Waals surface area contributed by atoms with Crippen molar-refractivity contribution >= 4 is 16.7 Å². The summed E-state index contributed by atoms with van der Waals surface area (Å²) in [6.07, 6.45) is 8.81. The maximum absolute atomic E-state index is 6.77. The van der Waals surface area contributed by atoms with Crippen molar-refractivity contribution < 1.29 is 0 Å². The number of anilines is 1. The summed E-state index contributed by atoms with van der Waals surface area (Å²) in [5.41, 5.74) is 10.9. The van der Waals surface area contributed by atoms with Crippen LogP contribution in [0.3, 0.4) is 0 Å². The average molecular weight is 295 g/mol. The van der Waals surface area contributed by atoms with E-state index >= 15 is 0 Å². The molecule has 0 amide bonds. The summed E-state index contributed by atoms with van der Waals surface area (Å²) in [6.45, 7) is 2.44. The van der Waals surface area contributed by atoms with Gasteiger partial charge in [0.05, 0.1) is 0 Å². The van der Waals surface area contributed by atoms with Gasteiger partial charge < -0.3 is 15.6 Å². The van der Waals surface area contributed by atoms with Crippen molar-refractivity contribution in [3.8, 4) is 0 Å². The summed E-state index contributed by atoms with van der Waals surface area (Å²) in [4.78, 5) is 6.21. The van der Waals surface area contributed by atoms with Crippen molar-refractivity contribution in [3.63, 3.8) is 0 Å². The number of hydrogen-bond acceptors (Lipinski definition) is 2. The normalized spacial score (nSPS) is 24.0. The zero-order chi connectivity index (χ0) is 14.7. The second kappa shape index (κ2) is 4.51. The highest BCUT2D eigenvalue weighted by Gasteiger charge is 2.35. The monoisotopic (exact) mass is 295 g/mol. The van der Waals surface area contributed by atoms with E-state index in [0.717, 1.165) is 18.8 Å². The Bertz CT molecular complexity index is 716. The zero-order valence-corrected chi connectivity index (χ0v) is 13.2. The second-order valence-electron chi connectivity index (χ2n) is 7.63. The summed E-state index contributed by atoms with van der Waals surface area (Å²) in [7, 11) is 0. The Kier molecular flexibility index (Phi) is 2.67. The van der Waals surface area contributed by atoms with E-state index < -0.39 is 0 Å². The summed E-state index contributed by atoms with van der Waals surface area (Å²) >= 11 is 0. The van der Waals surface area contributed by atoms with Crippen LogP contribution in [0.1, 0.15) is 62.0 Å². The molecule has 0 spiro atoms. The van der Waals surface area contributed by atoms with Crippen LogP contribution in [0, 0.1) is 0 Å². The fourth-order valence-corrected chi connectivity index (χ4v) is 5.03. The first-order valence-electron chi connectivity index (χ1n) is 8.95. The third-order valence-corrected chi connectivity index (χ3v) is 6.36. The molecule has 1 saturated heterocycles. The van der Waals surface area contributed by atoms with Gasteiger partial charge >= 0.3 is 0 Å². The summed E-state index contributed by atoms with van der Waals surface area (Å²) in [6, 6.07) is 6.96. The molecule has 4 aliphatic rings. The minimum absolute atomic E-state index is 0.0927. The minimum atomic E-state index is -0.0927. The molecule has 0 radical (unpaired) electrons. The molecule has 116 valence electrons. The van der Waals surface area contributed by atoms with Crippen molar-refractivity contribution in [2.75, 3.05) is 18.0 Å². The number of hydrogen-bond donors (Lipinski definition) is 2. The smallest absolute Gasteiger partial charge is 0.110 e. The van der Waals surface area contributed by atoms with Crippen molar-refractivity contribution in [2.45, 2.75) is 56.4 Å². The van der Waals surface area contributed by atoms with E-state index in [1.807, 2.05) is 0 Å². The number of rotatable bonds is 1. The fourth-order valence-electron chi connectivity index (χ4n) is 5.03. The van der Waals surface area contributed by atoms with Crippen molar-refractivity contribution in [1.82, 2.24) is 4.98 Å². The Morgan fingerprint density at radius 1 is 1.09 bits per heavy atom. The molecule has 4 heterocycles. The molecule has 3 heteroatoms. The van der Waals surface area contributed by atoms with Gasteiger partial charge in [-0.15, -0.1) is 0 Å². The molecule has 0 atom stereocenters. The largest absolute Gasteiger partial charge is 0.358 e. The van der Waals surface area contributed by atoms with Gasteiger partial charge in [-0.3, -0.25) is 0 Å². The van der Waals surface area contributed by atoms with E-state index in [4.69, 9.17) is 5.73 Å². The molecule has 2 bridgehead atoms. The van der Waals surface area contributed by atoms with Crippen LogP contribution in [0.25, 0.3) is 10.9 Å². The lowest BCUT2D eigenvalue weighted by Crippen LogP contribution is -2.39. The number of piperidine rings is 1. The Morgan fingerprint density at radius 2 is 1.86 bits per heavy atom. The van der Waals surface area contributed by atoms with Crippen LogP contribution in [0.5, 0.6) is 0 Å². The third-order valence-electron chi connectivity index (χ3n) is 6.36. The lowest BCUT2D eigenvalue weighted by atomic mass is 9.76. The number of fused-ring (bicyclic) bond motifs is 3. The predicted molar refractivity (Wildman–Crippen MR) is 91.4 cm³/mol. The number of aromatic amines is 1. The Balaban J connectivity index is 1.66. The molecule has 1 saturated carbocycles. The number of nitrogens with one attached hydrogen (secondary N) is 1. The molecule has 2 aromatic rings. The molecule has 3 nitrogen and oxygen atoms in total. The van der Waals surface area contributed by atoms with Gasteiger partial charge in [-0.1, -0.05) is 25.3 Å². The highest BCUT2D eigenvalue weighted by molar-refractivity contribution is 5.91. The quantitative estimate of drug-likeness (QED) is 0.835. The van der Waals surface area contributed by atoms with Crippen LogP contribution >= 0.6 is 0 Å². The molecular formula is C19H25N3. The number of nitrogens with two attached hydrogens (primary N) is 1. The number of aromatic nitrogens is 1. The molecule has 3 aliphatic heterocycles. The maximum Gasteiger partial charge on any atom is 0.110 e. The summed E-state index contributed by atoms with van der Waals surface area (Å²) in [5, 5.41) is 1.44.